The summed E-state index contributed by atoms with van der Waals surface area (Å²) in [6, 6.07) is 8.08. The minimum absolute atomic E-state index is 0.894. The van der Waals surface area contributed by atoms with E-state index in [9.17, 15) is 0 Å². The van der Waals surface area contributed by atoms with Crippen molar-refractivity contribution in [2.45, 2.75) is 9.88 Å². The molecule has 0 aliphatic carbocycles. The summed E-state index contributed by atoms with van der Waals surface area (Å²) in [5.74, 6) is 0.894. The molecule has 1 rings (SSSR count). The molecule has 0 unspecified atom stereocenters. The van der Waals surface area contributed by atoms with Crippen molar-refractivity contribution in [2.24, 2.45) is 0 Å². The molecule has 0 aromatic heterocycles. The van der Waals surface area contributed by atoms with E-state index in [0.29, 0.717) is 0 Å². The van der Waals surface area contributed by atoms with Gasteiger partial charge in [0.05, 0.1) is 0 Å². The average molecular weight is 291 g/mol. The predicted molar refractivity (Wildman–Crippen MR) is 56.0 cm³/mol. The fourth-order valence-corrected chi connectivity index (χ4v) is 4.57. The van der Waals surface area contributed by atoms with Crippen LogP contribution in [0, 0.1) is 0 Å². The Morgan fingerprint density at radius 1 is 1.17 bits per heavy atom. The van der Waals surface area contributed by atoms with Crippen LogP contribution in [0.25, 0.3) is 0 Å². The standard InChI is InChI=1S/C7H7O.2CH3.ClH.Sn/c1-8-7-5-3-2-4-6-7;;;;/h3-6H,1H3;2*1H3;1H;/q;;;;+1/p-1. The van der Waals surface area contributed by atoms with Gasteiger partial charge >= 0.3 is 81.5 Å². The van der Waals surface area contributed by atoms with Crippen LogP contribution >= 0.6 is 8.92 Å². The second kappa shape index (κ2) is 3.88. The van der Waals surface area contributed by atoms with Gasteiger partial charge in [0, 0.05) is 0 Å². The maximum atomic E-state index is 6.32. The Morgan fingerprint density at radius 3 is 2.00 bits per heavy atom. The van der Waals surface area contributed by atoms with Crippen LogP contribution in [0.2, 0.25) is 9.88 Å². The van der Waals surface area contributed by atoms with Crippen LogP contribution < -0.4 is 8.32 Å². The summed E-state index contributed by atoms with van der Waals surface area (Å²) in [4.78, 5) is 4.36. The van der Waals surface area contributed by atoms with Gasteiger partial charge in [0.25, 0.3) is 0 Å². The van der Waals surface area contributed by atoms with Crippen LogP contribution in [0.15, 0.2) is 24.3 Å². The first-order valence-electron chi connectivity index (χ1n) is 3.87. The first-order chi connectivity index (χ1) is 5.54. The van der Waals surface area contributed by atoms with Crippen LogP contribution in [0.3, 0.4) is 0 Å². The van der Waals surface area contributed by atoms with E-state index in [1.807, 2.05) is 12.1 Å². The SMILES string of the molecule is COc1cc[c]([Sn]([CH3])([CH3])[Cl])cc1. The Balaban J connectivity index is 2.93. The maximum absolute atomic E-state index is 6.32. The fraction of sp³-hybridized carbons (Fsp3) is 0.333. The Bertz CT molecular complexity index is 250. The number of ether oxygens (including phenoxy) is 1. The molecular formula is C9H13ClOSn. The van der Waals surface area contributed by atoms with E-state index in [1.54, 1.807) is 7.11 Å². The van der Waals surface area contributed by atoms with E-state index in [-0.39, 0.29) is 0 Å². The summed E-state index contributed by atoms with van der Waals surface area (Å²) in [6.07, 6.45) is 0. The predicted octanol–water partition coefficient (Wildman–Crippen LogP) is 2.35. The molecule has 1 aromatic carbocycles. The van der Waals surface area contributed by atoms with Gasteiger partial charge in [-0.15, -0.1) is 0 Å². The molecule has 12 heavy (non-hydrogen) atoms. The van der Waals surface area contributed by atoms with Crippen molar-refractivity contribution in [1.29, 1.82) is 0 Å². The van der Waals surface area contributed by atoms with Crippen LogP contribution in [0.5, 0.6) is 5.75 Å². The molecular weight excluding hydrogens is 278 g/mol. The van der Waals surface area contributed by atoms with Gasteiger partial charge in [0.1, 0.15) is 0 Å². The number of halogens is 1. The molecule has 1 nitrogen and oxygen atoms in total. The molecule has 0 amide bonds. The Labute approximate surface area is 81.3 Å². The zero-order valence-corrected chi connectivity index (χ0v) is 11.2. The summed E-state index contributed by atoms with van der Waals surface area (Å²) in [5.41, 5.74) is 0. The van der Waals surface area contributed by atoms with Crippen molar-refractivity contribution in [1.82, 2.24) is 0 Å². The number of benzene rings is 1. The number of hydrogen-bond acceptors (Lipinski definition) is 1. The molecule has 3 heteroatoms. The topological polar surface area (TPSA) is 9.23 Å². The molecule has 1 aromatic rings. The molecule has 0 heterocycles. The molecule has 0 fully saturated rings. The van der Waals surface area contributed by atoms with Crippen molar-refractivity contribution in [3.8, 4) is 5.75 Å². The van der Waals surface area contributed by atoms with E-state index in [4.69, 9.17) is 13.7 Å². The van der Waals surface area contributed by atoms with E-state index >= 15 is 0 Å². The Morgan fingerprint density at radius 2 is 1.67 bits per heavy atom. The normalized spacial score (nSPS) is 11.3. The van der Waals surface area contributed by atoms with Crippen LogP contribution in [0.1, 0.15) is 0 Å². The second-order valence-corrected chi connectivity index (χ2v) is 19.6. The van der Waals surface area contributed by atoms with Gasteiger partial charge in [-0.1, -0.05) is 0 Å². The van der Waals surface area contributed by atoms with Crippen LogP contribution in [0.4, 0.5) is 0 Å². The zero-order valence-electron chi connectivity index (χ0n) is 7.60. The first-order valence-corrected chi connectivity index (χ1v) is 14.6. The number of rotatable bonds is 2. The van der Waals surface area contributed by atoms with E-state index < -0.39 is 17.3 Å². The Hall–Kier alpha value is 0.109. The van der Waals surface area contributed by atoms with Crippen molar-refractivity contribution in [3.63, 3.8) is 0 Å². The van der Waals surface area contributed by atoms with Crippen molar-refractivity contribution in [3.05, 3.63) is 24.3 Å². The second-order valence-electron chi connectivity index (χ2n) is 3.20. The number of methoxy groups -OCH3 is 1. The van der Waals surface area contributed by atoms with Crippen LogP contribution in [-0.4, -0.2) is 24.4 Å². The van der Waals surface area contributed by atoms with Gasteiger partial charge in [-0.3, -0.25) is 0 Å². The number of hydrogen-bond donors (Lipinski definition) is 0. The van der Waals surface area contributed by atoms with Gasteiger partial charge in [0.2, 0.25) is 0 Å². The quantitative estimate of drug-likeness (QED) is 0.760. The molecule has 0 bridgehead atoms. The molecule has 0 spiro atoms. The van der Waals surface area contributed by atoms with Crippen molar-refractivity contribution >= 4 is 29.8 Å². The summed E-state index contributed by atoms with van der Waals surface area (Å²) in [7, 11) is 7.99. The monoisotopic (exact) mass is 292 g/mol. The van der Waals surface area contributed by atoms with Gasteiger partial charge < -0.3 is 0 Å². The third kappa shape index (κ3) is 2.56. The molecule has 0 atom stereocenters. The van der Waals surface area contributed by atoms with E-state index in [2.05, 4.69) is 22.0 Å². The minimum atomic E-state index is -2.35. The average Bonchev–Trinajstić information content (AvgIpc) is 2.03. The van der Waals surface area contributed by atoms with E-state index in [0.717, 1.165) is 5.75 Å². The van der Waals surface area contributed by atoms with E-state index in [1.165, 1.54) is 3.58 Å². The third-order valence-corrected chi connectivity index (χ3v) is 8.11. The molecule has 66 valence electrons. The fourth-order valence-electron chi connectivity index (χ4n) is 0.987. The molecule has 0 N–H and O–H groups in total. The van der Waals surface area contributed by atoms with Gasteiger partial charge in [-0.25, -0.2) is 0 Å². The zero-order chi connectivity index (χ0) is 9.19. The molecule has 0 aliphatic heterocycles. The summed E-state index contributed by atoms with van der Waals surface area (Å²) < 4.78 is 6.37. The molecule has 0 radical (unpaired) electrons. The Kier molecular flexibility index (Phi) is 3.29. The van der Waals surface area contributed by atoms with Gasteiger partial charge in [-0.05, 0) is 0 Å². The molecule has 0 saturated carbocycles. The van der Waals surface area contributed by atoms with Gasteiger partial charge in [0.15, 0.2) is 0 Å². The van der Waals surface area contributed by atoms with Gasteiger partial charge in [-0.2, -0.15) is 0 Å². The summed E-state index contributed by atoms with van der Waals surface area (Å²) in [5, 5.41) is 0. The summed E-state index contributed by atoms with van der Waals surface area (Å²) >= 11 is -2.35. The summed E-state index contributed by atoms with van der Waals surface area (Å²) in [6.45, 7) is 0. The molecule has 0 aliphatic rings. The van der Waals surface area contributed by atoms with Crippen LogP contribution in [-0.2, 0) is 0 Å². The first kappa shape index (κ1) is 10.2. The third-order valence-electron chi connectivity index (χ3n) is 1.78. The molecule has 0 saturated heterocycles. The van der Waals surface area contributed by atoms with Crippen molar-refractivity contribution < 1.29 is 4.74 Å². The van der Waals surface area contributed by atoms with Crippen molar-refractivity contribution in [2.75, 3.05) is 7.11 Å².